The van der Waals surface area contributed by atoms with E-state index in [-0.39, 0.29) is 5.41 Å². The zero-order valence-electron chi connectivity index (χ0n) is 32.4. The van der Waals surface area contributed by atoms with E-state index in [1.54, 1.807) is 0 Å². The topological polar surface area (TPSA) is 17.3 Å². The molecule has 2 nitrogen and oxygen atoms in total. The smallest absolute Gasteiger partial charge is 0.137 e. The second-order valence-corrected chi connectivity index (χ2v) is 16.3. The van der Waals surface area contributed by atoms with Gasteiger partial charge in [0.15, 0.2) is 0 Å². The minimum atomic E-state index is -0.216. The Balaban J connectivity index is 1.09. The minimum absolute atomic E-state index is 0.216. The van der Waals surface area contributed by atoms with E-state index in [0.717, 1.165) is 16.9 Å². The molecule has 272 valence electrons. The van der Waals surface area contributed by atoms with Crippen LogP contribution in [-0.2, 0) is 5.41 Å². The normalized spacial score (nSPS) is 13.1. The number of rotatable bonds is 4. The Morgan fingerprint density at radius 2 is 0.931 bits per heavy atom. The van der Waals surface area contributed by atoms with Crippen molar-refractivity contribution in [2.75, 3.05) is 0 Å². The van der Waals surface area contributed by atoms with Gasteiger partial charge in [-0.2, -0.15) is 0 Å². The van der Waals surface area contributed by atoms with Gasteiger partial charge in [-0.15, -0.1) is 0 Å². The monoisotopic (exact) mass is 738 g/mol. The van der Waals surface area contributed by atoms with Gasteiger partial charge in [-0.1, -0.05) is 166 Å². The van der Waals surface area contributed by atoms with Gasteiger partial charge in [0.2, 0.25) is 0 Å². The molecule has 0 saturated heterocycles. The van der Waals surface area contributed by atoms with Crippen LogP contribution in [0.2, 0.25) is 0 Å². The molecule has 0 spiro atoms. The molecule has 0 radical (unpaired) electrons. The third-order valence-electron chi connectivity index (χ3n) is 12.8. The number of pyridine rings is 1. The Labute approximate surface area is 337 Å². The second-order valence-electron chi connectivity index (χ2n) is 16.3. The summed E-state index contributed by atoms with van der Waals surface area (Å²) in [5.41, 5.74) is 15.8. The van der Waals surface area contributed by atoms with Gasteiger partial charge in [0.05, 0.1) is 5.69 Å². The zero-order chi connectivity index (χ0) is 38.5. The van der Waals surface area contributed by atoms with Gasteiger partial charge in [-0.25, -0.2) is 4.98 Å². The zero-order valence-corrected chi connectivity index (χ0v) is 32.4. The van der Waals surface area contributed by atoms with Crippen LogP contribution < -0.4 is 0 Å². The van der Waals surface area contributed by atoms with Crippen LogP contribution in [-0.4, -0.2) is 9.38 Å². The van der Waals surface area contributed by atoms with Crippen LogP contribution in [0.5, 0.6) is 0 Å². The fraction of sp³-hybridized carbons (Fsp3) is 0.0536. The standard InChI is InChI=1S/C56H38N2/c1-56(2)50-31-39(35-24-26-38(27-25-35)52-34-58-30-10-9-23-53(58)57-52)28-29-42(50)47-32-48-49(33-51(47)56)55(44-22-12-16-37-14-4-6-18-41(37)44)46-20-8-7-19-45(46)54(48)43-21-11-15-36-13-3-5-17-40(36)43/h3-34H,1-2H3. The van der Waals surface area contributed by atoms with Crippen molar-refractivity contribution in [1.29, 1.82) is 0 Å². The summed E-state index contributed by atoms with van der Waals surface area (Å²) in [7, 11) is 0. The third kappa shape index (κ3) is 4.82. The van der Waals surface area contributed by atoms with Crippen molar-refractivity contribution in [2.45, 2.75) is 19.3 Å². The summed E-state index contributed by atoms with van der Waals surface area (Å²) in [6, 6.07) is 67.4. The quantitative estimate of drug-likeness (QED) is 0.164. The highest BCUT2D eigenvalue weighted by Gasteiger charge is 2.37. The van der Waals surface area contributed by atoms with Crippen LogP contribution in [0.1, 0.15) is 25.0 Å². The van der Waals surface area contributed by atoms with E-state index in [2.05, 4.69) is 188 Å². The highest BCUT2D eigenvalue weighted by Crippen LogP contribution is 2.54. The molecule has 0 bridgehead atoms. The Morgan fingerprint density at radius 1 is 0.397 bits per heavy atom. The van der Waals surface area contributed by atoms with E-state index >= 15 is 0 Å². The maximum atomic E-state index is 4.86. The summed E-state index contributed by atoms with van der Waals surface area (Å²) in [5, 5.41) is 10.2. The van der Waals surface area contributed by atoms with E-state index in [1.807, 2.05) is 24.4 Å². The molecule has 0 aliphatic heterocycles. The highest BCUT2D eigenvalue weighted by molar-refractivity contribution is 6.26. The second kappa shape index (κ2) is 12.4. The number of aromatic nitrogens is 2. The van der Waals surface area contributed by atoms with Crippen molar-refractivity contribution >= 4 is 48.7 Å². The number of imidazole rings is 1. The van der Waals surface area contributed by atoms with Crippen LogP contribution in [0.3, 0.4) is 0 Å². The Morgan fingerprint density at radius 3 is 1.59 bits per heavy atom. The molecule has 12 rings (SSSR count). The lowest BCUT2D eigenvalue weighted by Crippen LogP contribution is -2.15. The molecule has 9 aromatic carbocycles. The molecule has 0 N–H and O–H groups in total. The van der Waals surface area contributed by atoms with Crippen LogP contribution in [0.15, 0.2) is 194 Å². The Hall–Kier alpha value is -7.29. The third-order valence-corrected chi connectivity index (χ3v) is 12.8. The SMILES string of the molecule is CC1(C)c2cc(-c3ccc(-c4cn5ccccc5n4)cc3)ccc2-c2cc3c(-c4cccc5ccccc45)c4ccccc4c(-c4cccc5ccccc45)c3cc21. The molecule has 1 aliphatic rings. The molecule has 0 fully saturated rings. The average molecular weight is 739 g/mol. The van der Waals surface area contributed by atoms with Gasteiger partial charge in [0.25, 0.3) is 0 Å². The van der Waals surface area contributed by atoms with E-state index in [1.165, 1.54) is 98.7 Å². The number of benzene rings is 9. The average Bonchev–Trinajstić information content (AvgIpc) is 3.80. The van der Waals surface area contributed by atoms with Crippen molar-refractivity contribution in [2.24, 2.45) is 0 Å². The maximum absolute atomic E-state index is 4.86. The summed E-state index contributed by atoms with van der Waals surface area (Å²) < 4.78 is 2.07. The molecule has 58 heavy (non-hydrogen) atoms. The van der Waals surface area contributed by atoms with Gasteiger partial charge in [-0.05, 0) is 129 Å². The molecule has 11 aromatic rings. The molecule has 1 aliphatic carbocycles. The number of hydrogen-bond donors (Lipinski definition) is 0. The van der Waals surface area contributed by atoms with Gasteiger partial charge in [0.1, 0.15) is 5.65 Å². The minimum Gasteiger partial charge on any atom is -0.306 e. The largest absolute Gasteiger partial charge is 0.306 e. The molecule has 0 saturated carbocycles. The first-order valence-corrected chi connectivity index (χ1v) is 20.2. The lowest BCUT2D eigenvalue weighted by atomic mass is 9.78. The summed E-state index contributed by atoms with van der Waals surface area (Å²) in [4.78, 5) is 4.86. The summed E-state index contributed by atoms with van der Waals surface area (Å²) in [6.07, 6.45) is 4.15. The first-order valence-electron chi connectivity index (χ1n) is 20.2. The van der Waals surface area contributed by atoms with Crippen molar-refractivity contribution in [1.82, 2.24) is 9.38 Å². The molecule has 0 unspecified atom stereocenters. The summed E-state index contributed by atoms with van der Waals surface area (Å²) in [6.45, 7) is 4.81. The van der Waals surface area contributed by atoms with Gasteiger partial charge >= 0.3 is 0 Å². The van der Waals surface area contributed by atoms with Gasteiger partial charge in [-0.3, -0.25) is 0 Å². The van der Waals surface area contributed by atoms with E-state index in [9.17, 15) is 0 Å². The first kappa shape index (κ1) is 32.9. The van der Waals surface area contributed by atoms with Gasteiger partial charge < -0.3 is 4.40 Å². The predicted molar refractivity (Wildman–Crippen MR) is 245 cm³/mol. The highest BCUT2D eigenvalue weighted by atomic mass is 15.0. The van der Waals surface area contributed by atoms with Crippen LogP contribution in [0.4, 0.5) is 0 Å². The van der Waals surface area contributed by atoms with E-state index in [0.29, 0.717) is 0 Å². The molecular formula is C56H38N2. The number of nitrogens with zero attached hydrogens (tertiary/aromatic N) is 2. The fourth-order valence-electron chi connectivity index (χ4n) is 9.96. The van der Waals surface area contributed by atoms with Crippen molar-refractivity contribution < 1.29 is 0 Å². The maximum Gasteiger partial charge on any atom is 0.137 e. The van der Waals surface area contributed by atoms with Crippen molar-refractivity contribution in [3.63, 3.8) is 0 Å². The first-order chi connectivity index (χ1) is 28.5. The lowest BCUT2D eigenvalue weighted by Gasteiger charge is -2.24. The summed E-state index contributed by atoms with van der Waals surface area (Å²) in [5.74, 6) is 0. The molecule has 0 atom stereocenters. The van der Waals surface area contributed by atoms with Crippen LogP contribution >= 0.6 is 0 Å². The fourth-order valence-corrected chi connectivity index (χ4v) is 9.96. The molecule has 2 aromatic heterocycles. The summed E-state index contributed by atoms with van der Waals surface area (Å²) >= 11 is 0. The number of fused-ring (bicyclic) bond motifs is 8. The van der Waals surface area contributed by atoms with Crippen molar-refractivity contribution in [3.8, 4) is 55.8 Å². The molecular weight excluding hydrogens is 701 g/mol. The van der Waals surface area contributed by atoms with Gasteiger partial charge in [0, 0.05) is 23.4 Å². The number of hydrogen-bond acceptors (Lipinski definition) is 1. The van der Waals surface area contributed by atoms with Crippen LogP contribution in [0, 0.1) is 0 Å². The Bertz CT molecular complexity index is 3430. The van der Waals surface area contributed by atoms with Crippen LogP contribution in [0.25, 0.3) is 105 Å². The van der Waals surface area contributed by atoms with Crippen molar-refractivity contribution in [3.05, 3.63) is 206 Å². The lowest BCUT2D eigenvalue weighted by molar-refractivity contribution is 0.661. The van der Waals surface area contributed by atoms with E-state index < -0.39 is 0 Å². The molecule has 2 heterocycles. The Kier molecular flexibility index (Phi) is 7.01. The molecule has 0 amide bonds. The van der Waals surface area contributed by atoms with E-state index in [4.69, 9.17) is 4.98 Å². The predicted octanol–water partition coefficient (Wildman–Crippen LogP) is 14.9. The molecule has 2 heteroatoms.